The van der Waals surface area contributed by atoms with Crippen molar-refractivity contribution in [3.05, 3.63) is 58.7 Å². The van der Waals surface area contributed by atoms with Crippen LogP contribution < -0.4 is 0 Å². The molecule has 136 valence electrons. The van der Waals surface area contributed by atoms with E-state index in [0.717, 1.165) is 43.3 Å². The molecule has 4 rings (SSSR count). The van der Waals surface area contributed by atoms with E-state index in [1.54, 1.807) is 4.90 Å². The molecule has 1 unspecified atom stereocenters. The molecule has 2 aromatic rings. The second-order valence-corrected chi connectivity index (χ2v) is 7.38. The highest BCUT2D eigenvalue weighted by atomic mass is 19.2. The zero-order chi connectivity index (χ0) is 18.3. The Morgan fingerprint density at radius 3 is 3.00 bits per heavy atom. The lowest BCUT2D eigenvalue weighted by Crippen LogP contribution is -2.48. The van der Waals surface area contributed by atoms with Crippen molar-refractivity contribution in [2.75, 3.05) is 13.1 Å². The molecule has 1 aromatic heterocycles. The maximum absolute atomic E-state index is 13.9. The smallest absolute Gasteiger partial charge is 0.227 e. The lowest BCUT2D eigenvalue weighted by atomic mass is 9.77. The Morgan fingerprint density at radius 2 is 2.15 bits per heavy atom. The molecule has 0 radical (unpaired) electrons. The molecular weight excluding hydrogens is 336 g/mol. The first kappa shape index (κ1) is 17.1. The number of benzene rings is 1. The Balaban J connectivity index is 1.56. The molecule has 26 heavy (non-hydrogen) atoms. The van der Waals surface area contributed by atoms with Crippen molar-refractivity contribution in [2.45, 2.75) is 44.4 Å². The maximum atomic E-state index is 13.9. The Kier molecular flexibility index (Phi) is 4.21. The van der Waals surface area contributed by atoms with Crippen molar-refractivity contribution in [2.24, 2.45) is 0 Å². The summed E-state index contributed by atoms with van der Waals surface area (Å²) in [7, 11) is 0. The van der Waals surface area contributed by atoms with Gasteiger partial charge in [0.15, 0.2) is 11.6 Å². The number of carbonyl (C=O) groups excluding carboxylic acids is 1. The van der Waals surface area contributed by atoms with Crippen molar-refractivity contribution >= 4 is 5.91 Å². The Morgan fingerprint density at radius 1 is 1.31 bits per heavy atom. The number of hydrogen-bond acceptors (Lipinski definition) is 3. The number of fused-ring (bicyclic) bond motifs is 2. The molecule has 1 saturated heterocycles. The van der Waals surface area contributed by atoms with Crippen LogP contribution in [0, 0.1) is 18.6 Å². The third-order valence-electron chi connectivity index (χ3n) is 5.66. The quantitative estimate of drug-likeness (QED) is 0.830. The Hall–Kier alpha value is -2.37. The van der Waals surface area contributed by atoms with Crippen LogP contribution in [-0.2, 0) is 23.1 Å². The lowest BCUT2D eigenvalue weighted by molar-refractivity contribution is -0.132. The van der Waals surface area contributed by atoms with Crippen molar-refractivity contribution in [1.82, 2.24) is 14.9 Å². The zero-order valence-corrected chi connectivity index (χ0v) is 14.8. The first-order valence-electron chi connectivity index (χ1n) is 9.02. The van der Waals surface area contributed by atoms with Gasteiger partial charge >= 0.3 is 0 Å². The molecule has 2 heterocycles. The molecule has 0 N–H and O–H groups in total. The molecule has 6 heteroatoms. The highest BCUT2D eigenvalue weighted by Crippen LogP contribution is 2.43. The number of halogens is 2. The fraction of sp³-hybridized carbons (Fsp3) is 0.450. The van der Waals surface area contributed by atoms with Crippen LogP contribution in [0.15, 0.2) is 24.4 Å². The number of nitrogens with zero attached hydrogens (tertiary/aromatic N) is 3. The Labute approximate surface area is 151 Å². The molecule has 1 spiro atoms. The van der Waals surface area contributed by atoms with Crippen LogP contribution in [0.2, 0.25) is 0 Å². The molecule has 4 nitrogen and oxygen atoms in total. The average Bonchev–Trinajstić information content (AvgIpc) is 2.96. The topological polar surface area (TPSA) is 46.1 Å². The van der Waals surface area contributed by atoms with Crippen LogP contribution in [0.1, 0.15) is 41.9 Å². The minimum Gasteiger partial charge on any atom is -0.341 e. The number of amides is 1. The zero-order valence-electron chi connectivity index (χ0n) is 14.8. The van der Waals surface area contributed by atoms with Gasteiger partial charge in [-0.15, -0.1) is 0 Å². The number of hydrogen-bond donors (Lipinski definition) is 0. The molecule has 1 amide bonds. The largest absolute Gasteiger partial charge is 0.341 e. The number of rotatable bonds is 2. The molecule has 2 aliphatic rings. The minimum atomic E-state index is -0.929. The first-order valence-corrected chi connectivity index (χ1v) is 9.02. The van der Waals surface area contributed by atoms with Crippen LogP contribution in [0.5, 0.6) is 0 Å². The van der Waals surface area contributed by atoms with Gasteiger partial charge in [0.25, 0.3) is 0 Å². The van der Waals surface area contributed by atoms with Gasteiger partial charge in [0.1, 0.15) is 5.82 Å². The molecule has 1 aliphatic carbocycles. The van der Waals surface area contributed by atoms with Crippen LogP contribution in [0.25, 0.3) is 0 Å². The summed E-state index contributed by atoms with van der Waals surface area (Å²) in [5, 5.41) is 0. The third-order valence-corrected chi connectivity index (χ3v) is 5.66. The highest BCUT2D eigenvalue weighted by Gasteiger charge is 2.44. The van der Waals surface area contributed by atoms with E-state index in [1.807, 2.05) is 13.1 Å². The van der Waals surface area contributed by atoms with Crippen LogP contribution >= 0.6 is 0 Å². The van der Waals surface area contributed by atoms with E-state index in [0.29, 0.717) is 13.1 Å². The van der Waals surface area contributed by atoms with E-state index in [1.165, 1.54) is 17.7 Å². The summed E-state index contributed by atoms with van der Waals surface area (Å²) in [6.45, 7) is 3.12. The Bertz CT molecular complexity index is 866. The van der Waals surface area contributed by atoms with Gasteiger partial charge in [0.05, 0.1) is 12.1 Å². The van der Waals surface area contributed by atoms with Gasteiger partial charge in [0.2, 0.25) is 5.91 Å². The normalized spacial score (nSPS) is 21.9. The number of carbonyl (C=O) groups is 1. The van der Waals surface area contributed by atoms with E-state index >= 15 is 0 Å². The summed E-state index contributed by atoms with van der Waals surface area (Å²) >= 11 is 0. The summed E-state index contributed by atoms with van der Waals surface area (Å²) < 4.78 is 27.3. The van der Waals surface area contributed by atoms with Crippen LogP contribution in [-0.4, -0.2) is 33.9 Å². The summed E-state index contributed by atoms with van der Waals surface area (Å²) in [4.78, 5) is 23.5. The van der Waals surface area contributed by atoms with Crippen molar-refractivity contribution in [1.29, 1.82) is 0 Å². The molecule has 1 fully saturated rings. The fourth-order valence-corrected chi connectivity index (χ4v) is 4.33. The predicted molar refractivity (Wildman–Crippen MR) is 92.6 cm³/mol. The van der Waals surface area contributed by atoms with E-state index < -0.39 is 11.6 Å². The van der Waals surface area contributed by atoms with Gasteiger partial charge in [-0.05, 0) is 44.2 Å². The molecule has 1 atom stereocenters. The molecule has 1 aromatic carbocycles. The molecule has 1 aliphatic heterocycles. The van der Waals surface area contributed by atoms with Gasteiger partial charge in [-0.2, -0.15) is 0 Å². The maximum Gasteiger partial charge on any atom is 0.227 e. The van der Waals surface area contributed by atoms with E-state index in [4.69, 9.17) is 0 Å². The van der Waals surface area contributed by atoms with Crippen LogP contribution in [0.3, 0.4) is 0 Å². The second kappa shape index (κ2) is 6.41. The molecule has 0 saturated carbocycles. The van der Waals surface area contributed by atoms with E-state index in [9.17, 15) is 13.6 Å². The minimum absolute atomic E-state index is 0.111. The average molecular weight is 357 g/mol. The second-order valence-electron chi connectivity index (χ2n) is 7.38. The first-order chi connectivity index (χ1) is 12.5. The van der Waals surface area contributed by atoms with Gasteiger partial charge in [0, 0.05) is 30.3 Å². The van der Waals surface area contributed by atoms with Crippen molar-refractivity contribution in [3.63, 3.8) is 0 Å². The standard InChI is InChI=1S/C20H21F2N3O/c1-13-23-11-15-6-8-20(19(15)24-13)7-3-9-25(12-20)17(26)10-14-4-2-5-16(21)18(14)22/h2,4-5,11H,3,6-10,12H2,1H3. The lowest BCUT2D eigenvalue weighted by Gasteiger charge is -2.40. The summed E-state index contributed by atoms with van der Waals surface area (Å²) in [6.07, 6.45) is 5.55. The van der Waals surface area contributed by atoms with E-state index in [2.05, 4.69) is 9.97 Å². The van der Waals surface area contributed by atoms with Gasteiger partial charge in [-0.1, -0.05) is 12.1 Å². The fourth-order valence-electron chi connectivity index (χ4n) is 4.33. The predicted octanol–water partition coefficient (Wildman–Crippen LogP) is 3.11. The summed E-state index contributed by atoms with van der Waals surface area (Å²) in [6, 6.07) is 3.97. The van der Waals surface area contributed by atoms with Crippen LogP contribution in [0.4, 0.5) is 8.78 Å². The van der Waals surface area contributed by atoms with Gasteiger partial charge in [-0.3, -0.25) is 4.79 Å². The third kappa shape index (κ3) is 2.87. The number of aromatic nitrogens is 2. The number of piperidine rings is 1. The van der Waals surface area contributed by atoms with Crippen molar-refractivity contribution in [3.8, 4) is 0 Å². The van der Waals surface area contributed by atoms with E-state index in [-0.39, 0.29) is 23.3 Å². The number of aryl methyl sites for hydroxylation is 2. The van der Waals surface area contributed by atoms with Gasteiger partial charge in [-0.25, -0.2) is 18.7 Å². The summed E-state index contributed by atoms with van der Waals surface area (Å²) in [5.74, 6) is -1.26. The number of likely N-dealkylation sites (tertiary alicyclic amines) is 1. The monoisotopic (exact) mass is 357 g/mol. The van der Waals surface area contributed by atoms with Crippen molar-refractivity contribution < 1.29 is 13.6 Å². The highest BCUT2D eigenvalue weighted by molar-refractivity contribution is 5.79. The molecule has 0 bridgehead atoms. The summed E-state index contributed by atoms with van der Waals surface area (Å²) in [5.41, 5.74) is 2.22. The molecular formula is C20H21F2N3O. The SMILES string of the molecule is Cc1ncc2c(n1)C1(CCCN(C(=O)Cc3cccc(F)c3F)C1)CC2. The van der Waals surface area contributed by atoms with Gasteiger partial charge < -0.3 is 4.90 Å².